The molecule has 2 N–H and O–H groups in total. The third-order valence-electron chi connectivity index (χ3n) is 2.22. The van der Waals surface area contributed by atoms with Gasteiger partial charge >= 0.3 is 0 Å². The maximum Gasteiger partial charge on any atom is 0.0812 e. The number of hydrogen-bond acceptors (Lipinski definition) is 2. The van der Waals surface area contributed by atoms with E-state index in [-0.39, 0.29) is 6.10 Å². The van der Waals surface area contributed by atoms with E-state index in [2.05, 4.69) is 11.8 Å². The quantitative estimate of drug-likeness (QED) is 0.546. The van der Waals surface area contributed by atoms with Crippen molar-refractivity contribution in [2.45, 2.75) is 32.8 Å². The molecule has 1 atom stereocenters. The molecule has 0 radical (unpaired) electrons. The highest BCUT2D eigenvalue weighted by Gasteiger charge is 2.43. The fraction of sp³-hybridized carbons (Fsp3) is 1.00. The molecular formula is C6H13NO. The van der Waals surface area contributed by atoms with E-state index in [1.807, 2.05) is 6.92 Å². The molecule has 1 aliphatic rings. The van der Waals surface area contributed by atoms with Gasteiger partial charge < -0.3 is 4.84 Å². The van der Waals surface area contributed by atoms with Gasteiger partial charge in [-0.15, -0.1) is 0 Å². The number of nitrogens with two attached hydrogens (primary N) is 1. The minimum absolute atomic E-state index is 0.238. The molecule has 1 saturated carbocycles. The molecule has 0 aromatic heterocycles. The summed E-state index contributed by atoms with van der Waals surface area (Å²) >= 11 is 0. The third-order valence-corrected chi connectivity index (χ3v) is 2.22. The Morgan fingerprint density at radius 2 is 2.12 bits per heavy atom. The van der Waals surface area contributed by atoms with E-state index in [1.165, 1.54) is 12.8 Å². The van der Waals surface area contributed by atoms with Crippen molar-refractivity contribution in [1.29, 1.82) is 0 Å². The zero-order valence-electron chi connectivity index (χ0n) is 5.48. The molecule has 2 nitrogen and oxygen atoms in total. The van der Waals surface area contributed by atoms with Crippen molar-refractivity contribution < 1.29 is 4.84 Å². The molecule has 0 heterocycles. The van der Waals surface area contributed by atoms with Crippen LogP contribution in [0.15, 0.2) is 0 Å². The summed E-state index contributed by atoms with van der Waals surface area (Å²) in [5.74, 6) is 5.00. The molecule has 0 amide bonds. The van der Waals surface area contributed by atoms with Gasteiger partial charge in [0.05, 0.1) is 6.10 Å². The second-order valence-electron chi connectivity index (χ2n) is 2.93. The monoisotopic (exact) mass is 115 g/mol. The first-order valence-corrected chi connectivity index (χ1v) is 3.04. The summed E-state index contributed by atoms with van der Waals surface area (Å²) in [6.07, 6.45) is 2.78. The van der Waals surface area contributed by atoms with Crippen LogP contribution in [-0.4, -0.2) is 6.10 Å². The minimum atomic E-state index is 0.238. The van der Waals surface area contributed by atoms with Crippen LogP contribution in [0.1, 0.15) is 26.7 Å². The number of hydrogen-bond donors (Lipinski definition) is 1. The van der Waals surface area contributed by atoms with E-state index in [0.717, 1.165) is 0 Å². The summed E-state index contributed by atoms with van der Waals surface area (Å²) in [4.78, 5) is 4.68. The van der Waals surface area contributed by atoms with E-state index in [4.69, 9.17) is 5.90 Å². The Labute approximate surface area is 50.0 Å². The van der Waals surface area contributed by atoms with Crippen molar-refractivity contribution in [2.75, 3.05) is 0 Å². The lowest BCUT2D eigenvalue weighted by molar-refractivity contribution is 0.0200. The van der Waals surface area contributed by atoms with Crippen LogP contribution >= 0.6 is 0 Å². The molecule has 0 spiro atoms. The van der Waals surface area contributed by atoms with Gasteiger partial charge in [0.15, 0.2) is 0 Å². The highest BCUT2D eigenvalue weighted by atomic mass is 16.6. The van der Waals surface area contributed by atoms with Crippen molar-refractivity contribution in [3.63, 3.8) is 0 Å². The second kappa shape index (κ2) is 1.71. The Hall–Kier alpha value is -0.0800. The fourth-order valence-corrected chi connectivity index (χ4v) is 0.768. The first kappa shape index (κ1) is 6.05. The Morgan fingerprint density at radius 3 is 2.25 bits per heavy atom. The van der Waals surface area contributed by atoms with E-state index in [0.29, 0.717) is 5.41 Å². The largest absolute Gasteiger partial charge is 0.301 e. The van der Waals surface area contributed by atoms with Crippen LogP contribution in [0.4, 0.5) is 0 Å². The van der Waals surface area contributed by atoms with Gasteiger partial charge in [-0.1, -0.05) is 6.92 Å². The Bertz CT molecular complexity index is 88.5. The van der Waals surface area contributed by atoms with Crippen LogP contribution in [0, 0.1) is 5.41 Å². The van der Waals surface area contributed by atoms with E-state index in [9.17, 15) is 0 Å². The van der Waals surface area contributed by atoms with Crippen LogP contribution < -0.4 is 5.90 Å². The molecule has 8 heavy (non-hydrogen) atoms. The predicted molar refractivity (Wildman–Crippen MR) is 32.1 cm³/mol. The summed E-state index contributed by atoms with van der Waals surface area (Å²) in [5, 5.41) is 0. The first-order valence-electron chi connectivity index (χ1n) is 3.04. The molecule has 2 heteroatoms. The van der Waals surface area contributed by atoms with Gasteiger partial charge in [-0.05, 0) is 25.2 Å². The molecule has 0 aromatic carbocycles. The summed E-state index contributed by atoms with van der Waals surface area (Å²) in [6, 6.07) is 0. The molecule has 1 rings (SSSR count). The number of rotatable bonds is 2. The molecule has 1 unspecified atom stereocenters. The lowest BCUT2D eigenvalue weighted by Crippen LogP contribution is -2.22. The molecule has 0 aromatic rings. The van der Waals surface area contributed by atoms with Gasteiger partial charge in [0.25, 0.3) is 0 Å². The Morgan fingerprint density at radius 1 is 1.62 bits per heavy atom. The average Bonchev–Trinajstić information content (AvgIpc) is 2.47. The highest BCUT2D eigenvalue weighted by Crippen LogP contribution is 2.48. The topological polar surface area (TPSA) is 35.2 Å². The van der Waals surface area contributed by atoms with Crippen molar-refractivity contribution in [1.82, 2.24) is 0 Å². The fourth-order valence-electron chi connectivity index (χ4n) is 0.768. The maximum absolute atomic E-state index is 5.00. The molecule has 0 saturated heterocycles. The van der Waals surface area contributed by atoms with Gasteiger partial charge in [0.2, 0.25) is 0 Å². The van der Waals surface area contributed by atoms with Gasteiger partial charge in [-0.3, -0.25) is 0 Å². The van der Waals surface area contributed by atoms with Crippen molar-refractivity contribution in [3.8, 4) is 0 Å². The molecule has 1 aliphatic carbocycles. The van der Waals surface area contributed by atoms with Crippen LogP contribution in [0.5, 0.6) is 0 Å². The third kappa shape index (κ3) is 0.858. The van der Waals surface area contributed by atoms with Gasteiger partial charge in [0.1, 0.15) is 0 Å². The van der Waals surface area contributed by atoms with Crippen molar-refractivity contribution in [2.24, 2.45) is 11.3 Å². The van der Waals surface area contributed by atoms with Crippen molar-refractivity contribution in [3.05, 3.63) is 0 Å². The highest BCUT2D eigenvalue weighted by molar-refractivity contribution is 4.93. The first-order chi connectivity index (χ1) is 3.69. The molecular weight excluding hydrogens is 102 g/mol. The SMILES string of the molecule is CC(ON)C1(C)CC1. The predicted octanol–water partition coefficient (Wildman–Crippen LogP) is 1.07. The molecule has 0 bridgehead atoms. The summed E-state index contributed by atoms with van der Waals surface area (Å²) in [5.41, 5.74) is 0.411. The molecule has 0 aliphatic heterocycles. The average molecular weight is 115 g/mol. The van der Waals surface area contributed by atoms with E-state index in [1.54, 1.807) is 0 Å². The minimum Gasteiger partial charge on any atom is -0.301 e. The van der Waals surface area contributed by atoms with Crippen molar-refractivity contribution >= 4 is 0 Å². The van der Waals surface area contributed by atoms with Gasteiger partial charge in [-0.25, -0.2) is 5.90 Å². The Balaban J connectivity index is 2.34. The lowest BCUT2D eigenvalue weighted by Gasteiger charge is -2.14. The van der Waals surface area contributed by atoms with Crippen LogP contribution in [0.3, 0.4) is 0 Å². The van der Waals surface area contributed by atoms with Crippen LogP contribution in [0.2, 0.25) is 0 Å². The summed E-state index contributed by atoms with van der Waals surface area (Å²) in [6.45, 7) is 4.22. The standard InChI is InChI=1S/C6H13NO/c1-5(8-7)6(2)3-4-6/h5H,3-4,7H2,1-2H3. The molecule has 48 valence electrons. The zero-order valence-corrected chi connectivity index (χ0v) is 5.48. The zero-order chi connectivity index (χ0) is 6.20. The molecule has 1 fully saturated rings. The smallest absolute Gasteiger partial charge is 0.0812 e. The van der Waals surface area contributed by atoms with Crippen LogP contribution in [0.25, 0.3) is 0 Å². The Kier molecular flexibility index (Phi) is 1.29. The van der Waals surface area contributed by atoms with Crippen LogP contribution in [-0.2, 0) is 4.84 Å². The second-order valence-corrected chi connectivity index (χ2v) is 2.93. The van der Waals surface area contributed by atoms with Gasteiger partial charge in [0, 0.05) is 0 Å². The van der Waals surface area contributed by atoms with E-state index < -0.39 is 0 Å². The summed E-state index contributed by atoms with van der Waals surface area (Å²) in [7, 11) is 0. The lowest BCUT2D eigenvalue weighted by atomic mass is 10.0. The van der Waals surface area contributed by atoms with E-state index >= 15 is 0 Å². The normalized spacial score (nSPS) is 27.4. The summed E-state index contributed by atoms with van der Waals surface area (Å²) < 4.78 is 0. The van der Waals surface area contributed by atoms with Gasteiger partial charge in [-0.2, -0.15) is 0 Å². The maximum atomic E-state index is 5.00.